The smallest absolute Gasteiger partial charge is 0.411 e. The second-order valence-corrected chi connectivity index (χ2v) is 14.6. The predicted molar refractivity (Wildman–Crippen MR) is 120 cm³/mol. The summed E-state index contributed by atoms with van der Waals surface area (Å²) in [7, 11) is -1.10. The summed E-state index contributed by atoms with van der Waals surface area (Å²) in [6.07, 6.45) is -11.4. The van der Waals surface area contributed by atoms with Crippen molar-refractivity contribution in [3.05, 3.63) is 70.8 Å². The normalized spacial score (nSPS) is 12.4. The quantitative estimate of drug-likeness (QED) is 0.282. The molecule has 0 amide bonds. The average molecular weight is 539 g/mol. The van der Waals surface area contributed by atoms with Crippen molar-refractivity contribution in [1.29, 1.82) is 0 Å². The first kappa shape index (κ1) is 30.7. The number of alkyl halides is 6. The Labute approximate surface area is 203 Å². The lowest BCUT2D eigenvalue weighted by Gasteiger charge is -2.38. The number of rotatable bonds is 7. The third-order valence-electron chi connectivity index (χ3n) is 5.07. The number of halogens is 6. The van der Waals surface area contributed by atoms with Gasteiger partial charge in [-0.25, -0.2) is 9.59 Å². The Kier molecular flexibility index (Phi) is 9.50. The van der Waals surface area contributed by atoms with E-state index >= 15 is 0 Å². The zero-order valence-electron chi connectivity index (χ0n) is 19.4. The van der Waals surface area contributed by atoms with E-state index in [4.69, 9.17) is 15.3 Å². The third-order valence-corrected chi connectivity index (χ3v) is 6.82. The minimum absolute atomic E-state index is 0.343. The van der Waals surface area contributed by atoms with Gasteiger partial charge in [-0.05, 0) is 41.4 Å². The molecule has 0 aliphatic carbocycles. The summed E-state index contributed by atoms with van der Waals surface area (Å²) in [4.78, 5) is 31.7. The van der Waals surface area contributed by atoms with Gasteiger partial charge in [0.05, 0.1) is 11.1 Å². The first-order valence-electron chi connectivity index (χ1n) is 10.3. The van der Waals surface area contributed by atoms with Crippen molar-refractivity contribution in [1.82, 2.24) is 0 Å². The molecular weight excluding hydrogens is 514 g/mol. The molecule has 0 radical (unpaired) electrons. The highest BCUT2D eigenvalue weighted by Crippen LogP contribution is 2.56. The van der Waals surface area contributed by atoms with E-state index in [0.29, 0.717) is 55.0 Å². The van der Waals surface area contributed by atoms with Crippen molar-refractivity contribution in [2.24, 2.45) is 0 Å². The SMILES string of the molecule is C[Si](C)(C)CCC(=O)O.O=C(O)c1ccc(C(c2ccc(C(=O)O)cc2)(C(F)(F)F)C(F)(F)F)cc1. The molecule has 0 bridgehead atoms. The third kappa shape index (κ3) is 7.32. The first-order valence-corrected chi connectivity index (χ1v) is 14.0. The maximum absolute atomic E-state index is 13.8. The number of carbonyl (C=O) groups is 3. The summed E-state index contributed by atoms with van der Waals surface area (Å²) in [6.45, 7) is 6.53. The van der Waals surface area contributed by atoms with Gasteiger partial charge < -0.3 is 15.3 Å². The molecule has 0 fully saturated rings. The van der Waals surface area contributed by atoms with Crippen LogP contribution in [0.25, 0.3) is 0 Å². The van der Waals surface area contributed by atoms with Crippen molar-refractivity contribution in [2.75, 3.05) is 0 Å². The van der Waals surface area contributed by atoms with Gasteiger partial charge in [-0.15, -0.1) is 0 Å². The second-order valence-electron chi connectivity index (χ2n) is 8.96. The molecule has 0 atom stereocenters. The van der Waals surface area contributed by atoms with Crippen molar-refractivity contribution in [2.45, 2.75) is 49.9 Å². The molecule has 0 spiro atoms. The van der Waals surface area contributed by atoms with Crippen LogP contribution in [0.1, 0.15) is 38.3 Å². The number of hydrogen-bond acceptors (Lipinski definition) is 3. The van der Waals surface area contributed by atoms with Crippen molar-refractivity contribution >= 4 is 26.0 Å². The van der Waals surface area contributed by atoms with Crippen LogP contribution in [0.4, 0.5) is 26.3 Å². The fourth-order valence-electron chi connectivity index (χ4n) is 3.19. The van der Waals surface area contributed by atoms with E-state index in [1.54, 1.807) is 0 Å². The van der Waals surface area contributed by atoms with Crippen LogP contribution in [0.2, 0.25) is 25.7 Å². The van der Waals surface area contributed by atoms with E-state index in [2.05, 4.69) is 19.6 Å². The molecule has 3 N–H and O–H groups in total. The van der Waals surface area contributed by atoms with E-state index in [-0.39, 0.29) is 0 Å². The molecule has 2 rings (SSSR count). The van der Waals surface area contributed by atoms with Crippen LogP contribution < -0.4 is 0 Å². The Balaban J connectivity index is 0.000000613. The second kappa shape index (κ2) is 11.1. The van der Waals surface area contributed by atoms with Gasteiger partial charge >= 0.3 is 30.3 Å². The van der Waals surface area contributed by atoms with Gasteiger partial charge in [0.15, 0.2) is 0 Å². The molecule has 0 aliphatic heterocycles. The molecule has 0 heterocycles. The van der Waals surface area contributed by atoms with Crippen molar-refractivity contribution in [3.8, 4) is 0 Å². The minimum Gasteiger partial charge on any atom is -0.481 e. The Bertz CT molecular complexity index is 997. The van der Waals surface area contributed by atoms with Gasteiger partial charge in [0.2, 0.25) is 5.41 Å². The van der Waals surface area contributed by atoms with Gasteiger partial charge in [0.25, 0.3) is 0 Å². The Morgan fingerprint density at radius 2 is 0.972 bits per heavy atom. The lowest BCUT2D eigenvalue weighted by Crippen LogP contribution is -2.54. The summed E-state index contributed by atoms with van der Waals surface area (Å²) in [5, 5.41) is 25.9. The van der Waals surface area contributed by atoms with Gasteiger partial charge in [0, 0.05) is 14.5 Å². The first-order chi connectivity index (χ1) is 16.2. The number of carboxylic acids is 3. The summed E-state index contributed by atoms with van der Waals surface area (Å²) >= 11 is 0. The lowest BCUT2D eigenvalue weighted by molar-refractivity contribution is -0.288. The molecule has 198 valence electrons. The number of aromatic carboxylic acids is 2. The maximum Gasteiger partial charge on any atom is 0.411 e. The fourth-order valence-corrected chi connectivity index (χ4v) is 4.15. The standard InChI is InChI=1S/C17H10F6O4.C6H14O2Si/c18-16(19,20)15(17(21,22)23,11-5-1-9(2-6-11)13(24)25)12-7-3-10(4-8-12)14(26)27;1-9(2,3)5-4-6(7)8/h1-8H,(H,24,25)(H,26,27);4-5H2,1-3H3,(H,7,8). The number of aliphatic carboxylic acids is 1. The summed E-state index contributed by atoms with van der Waals surface area (Å²) in [6, 6.07) is 5.19. The van der Waals surface area contributed by atoms with Gasteiger partial charge in [-0.1, -0.05) is 43.9 Å². The molecule has 13 heteroatoms. The van der Waals surface area contributed by atoms with Crippen molar-refractivity contribution < 1.29 is 56.0 Å². The molecular formula is C23H24F6O6Si. The van der Waals surface area contributed by atoms with Crippen LogP contribution in [-0.2, 0) is 10.2 Å². The van der Waals surface area contributed by atoms with Crippen LogP contribution >= 0.6 is 0 Å². The lowest BCUT2D eigenvalue weighted by atomic mass is 9.72. The zero-order valence-corrected chi connectivity index (χ0v) is 20.4. The molecule has 6 nitrogen and oxygen atoms in total. The molecule has 0 aliphatic rings. The fraction of sp³-hybridized carbons (Fsp3) is 0.348. The Morgan fingerprint density at radius 1 is 0.667 bits per heavy atom. The molecule has 0 aromatic heterocycles. The van der Waals surface area contributed by atoms with Crippen LogP contribution in [0.3, 0.4) is 0 Å². The largest absolute Gasteiger partial charge is 0.481 e. The van der Waals surface area contributed by atoms with Gasteiger partial charge in [-0.2, -0.15) is 26.3 Å². The summed E-state index contributed by atoms with van der Waals surface area (Å²) in [5.41, 5.74) is -7.92. The van der Waals surface area contributed by atoms with Crippen molar-refractivity contribution in [3.63, 3.8) is 0 Å². The Hall–Kier alpha value is -3.35. The monoisotopic (exact) mass is 538 g/mol. The molecule has 2 aromatic rings. The Morgan fingerprint density at radius 3 is 1.14 bits per heavy atom. The highest BCUT2D eigenvalue weighted by Gasteiger charge is 2.72. The number of carboxylic acid groups (broad SMARTS) is 3. The molecule has 2 aromatic carbocycles. The molecule has 0 saturated carbocycles. The van der Waals surface area contributed by atoms with E-state index in [9.17, 15) is 40.7 Å². The van der Waals surface area contributed by atoms with Gasteiger partial charge in [-0.3, -0.25) is 4.79 Å². The van der Waals surface area contributed by atoms with Crippen LogP contribution in [-0.4, -0.2) is 53.7 Å². The maximum atomic E-state index is 13.8. The van der Waals surface area contributed by atoms with Crippen LogP contribution in [0, 0.1) is 0 Å². The van der Waals surface area contributed by atoms with E-state index in [1.807, 2.05) is 0 Å². The predicted octanol–water partition coefficient (Wildman–Crippen LogP) is 6.29. The van der Waals surface area contributed by atoms with E-state index in [1.165, 1.54) is 0 Å². The number of hydrogen-bond donors (Lipinski definition) is 3. The number of benzene rings is 2. The average Bonchev–Trinajstić information content (AvgIpc) is 2.71. The zero-order chi connectivity index (χ0) is 28.1. The topological polar surface area (TPSA) is 112 Å². The van der Waals surface area contributed by atoms with Crippen LogP contribution in [0.5, 0.6) is 0 Å². The van der Waals surface area contributed by atoms with E-state index < -0.39 is 66.0 Å². The van der Waals surface area contributed by atoms with Gasteiger partial charge in [0.1, 0.15) is 0 Å². The molecule has 0 unspecified atom stereocenters. The highest BCUT2D eigenvalue weighted by atomic mass is 28.3. The molecule has 36 heavy (non-hydrogen) atoms. The molecule has 0 saturated heterocycles. The minimum atomic E-state index is -5.85. The summed E-state index contributed by atoms with van der Waals surface area (Å²) < 4.78 is 82.8. The summed E-state index contributed by atoms with van der Waals surface area (Å²) in [5.74, 6) is -3.70. The van der Waals surface area contributed by atoms with Crippen LogP contribution in [0.15, 0.2) is 48.5 Å². The highest BCUT2D eigenvalue weighted by molar-refractivity contribution is 6.76. The van der Waals surface area contributed by atoms with E-state index in [0.717, 1.165) is 6.04 Å².